The van der Waals surface area contributed by atoms with Gasteiger partial charge in [-0.25, -0.2) is 9.97 Å². The number of halogens is 1. The molecule has 4 heteroatoms. The number of carbonyl (C=O) groups excluding carboxylic acids is 1. The lowest BCUT2D eigenvalue weighted by Gasteiger charge is -2.03. The number of hydrogen-bond acceptors (Lipinski definition) is 3. The highest BCUT2D eigenvalue weighted by Crippen LogP contribution is 2.20. The van der Waals surface area contributed by atoms with Crippen molar-refractivity contribution < 1.29 is 4.79 Å². The van der Waals surface area contributed by atoms with E-state index >= 15 is 0 Å². The summed E-state index contributed by atoms with van der Waals surface area (Å²) < 4.78 is 0. The minimum atomic E-state index is -0.514. The van der Waals surface area contributed by atoms with Gasteiger partial charge in [0.15, 0.2) is 0 Å². The lowest BCUT2D eigenvalue weighted by atomic mass is 10.2. The maximum Gasteiger partial charge on any atom is 0.254 e. The third-order valence-corrected chi connectivity index (χ3v) is 2.78. The Morgan fingerprint density at radius 1 is 0.882 bits per heavy atom. The average molecular weight is 243 g/mol. The quantitative estimate of drug-likeness (QED) is 0.486. The normalized spacial score (nSPS) is 10.9. The van der Waals surface area contributed by atoms with Crippen molar-refractivity contribution in [1.82, 2.24) is 9.97 Å². The molecule has 0 fully saturated rings. The molecule has 1 heterocycles. The molecule has 0 atom stereocenters. The van der Waals surface area contributed by atoms with Gasteiger partial charge in [0.25, 0.3) is 5.24 Å². The highest BCUT2D eigenvalue weighted by molar-refractivity contribution is 6.68. The molecular formula is C13H7ClN2O. The molecule has 17 heavy (non-hydrogen) atoms. The molecule has 82 valence electrons. The largest absolute Gasteiger partial charge is 0.276 e. The van der Waals surface area contributed by atoms with Crippen LogP contribution in [0.1, 0.15) is 10.4 Å². The first-order valence-corrected chi connectivity index (χ1v) is 5.49. The van der Waals surface area contributed by atoms with Crippen LogP contribution in [0, 0.1) is 0 Å². The van der Waals surface area contributed by atoms with Crippen LogP contribution in [-0.2, 0) is 0 Å². The molecule has 0 unspecified atom stereocenters. The summed E-state index contributed by atoms with van der Waals surface area (Å²) in [5.74, 6) is 0. The topological polar surface area (TPSA) is 42.9 Å². The van der Waals surface area contributed by atoms with Crippen molar-refractivity contribution in [2.75, 3.05) is 0 Å². The van der Waals surface area contributed by atoms with Crippen molar-refractivity contribution in [1.29, 1.82) is 0 Å². The SMILES string of the molecule is O=C(Cl)c1cccc2nc3ccccc3nc12. The fraction of sp³-hybridized carbons (Fsp3) is 0. The lowest BCUT2D eigenvalue weighted by molar-refractivity contribution is 0.108. The zero-order valence-corrected chi connectivity index (χ0v) is 9.48. The molecule has 0 N–H and O–H groups in total. The van der Waals surface area contributed by atoms with E-state index in [1.807, 2.05) is 30.3 Å². The second-order valence-electron chi connectivity index (χ2n) is 3.66. The number of para-hydroxylation sites is 3. The zero-order valence-electron chi connectivity index (χ0n) is 8.72. The number of aromatic nitrogens is 2. The molecule has 0 aliphatic carbocycles. The van der Waals surface area contributed by atoms with Gasteiger partial charge >= 0.3 is 0 Å². The van der Waals surface area contributed by atoms with Gasteiger partial charge < -0.3 is 0 Å². The van der Waals surface area contributed by atoms with Crippen LogP contribution in [0.4, 0.5) is 0 Å². The number of benzene rings is 2. The van der Waals surface area contributed by atoms with Gasteiger partial charge in [-0.1, -0.05) is 18.2 Å². The van der Waals surface area contributed by atoms with Gasteiger partial charge in [-0.15, -0.1) is 0 Å². The third kappa shape index (κ3) is 1.65. The molecule has 3 nitrogen and oxygen atoms in total. The van der Waals surface area contributed by atoms with Crippen LogP contribution in [0.15, 0.2) is 42.5 Å². The summed E-state index contributed by atoms with van der Waals surface area (Å²) in [7, 11) is 0. The zero-order chi connectivity index (χ0) is 11.8. The van der Waals surface area contributed by atoms with Crippen LogP contribution in [0.25, 0.3) is 22.1 Å². The van der Waals surface area contributed by atoms with E-state index in [1.165, 1.54) is 0 Å². The van der Waals surface area contributed by atoms with Crippen molar-refractivity contribution in [3.63, 3.8) is 0 Å². The summed E-state index contributed by atoms with van der Waals surface area (Å²) in [4.78, 5) is 20.2. The van der Waals surface area contributed by atoms with E-state index in [-0.39, 0.29) is 0 Å². The molecule has 3 rings (SSSR count). The second kappa shape index (κ2) is 3.79. The number of hydrogen-bond donors (Lipinski definition) is 0. The maximum absolute atomic E-state index is 11.3. The molecular weight excluding hydrogens is 236 g/mol. The van der Waals surface area contributed by atoms with E-state index in [4.69, 9.17) is 11.6 Å². The van der Waals surface area contributed by atoms with Gasteiger partial charge in [0.1, 0.15) is 5.52 Å². The predicted octanol–water partition coefficient (Wildman–Crippen LogP) is 3.16. The van der Waals surface area contributed by atoms with Crippen LogP contribution < -0.4 is 0 Å². The van der Waals surface area contributed by atoms with Crippen molar-refractivity contribution in [2.45, 2.75) is 0 Å². The van der Waals surface area contributed by atoms with E-state index in [9.17, 15) is 4.79 Å². The van der Waals surface area contributed by atoms with Gasteiger partial charge in [-0.3, -0.25) is 4.79 Å². The Kier molecular flexibility index (Phi) is 2.27. The average Bonchev–Trinajstić information content (AvgIpc) is 2.35. The minimum absolute atomic E-state index is 0.391. The minimum Gasteiger partial charge on any atom is -0.276 e. The number of carbonyl (C=O) groups is 1. The first-order valence-electron chi connectivity index (χ1n) is 5.11. The lowest BCUT2D eigenvalue weighted by Crippen LogP contribution is -1.95. The molecule has 0 saturated heterocycles. The molecule has 0 bridgehead atoms. The molecule has 0 saturated carbocycles. The van der Waals surface area contributed by atoms with Crippen molar-refractivity contribution in [2.24, 2.45) is 0 Å². The summed E-state index contributed by atoms with van der Waals surface area (Å²) >= 11 is 5.53. The molecule has 3 aromatic rings. The highest BCUT2D eigenvalue weighted by atomic mass is 35.5. The Morgan fingerprint density at radius 3 is 2.24 bits per heavy atom. The number of nitrogens with zero attached hydrogens (tertiary/aromatic N) is 2. The van der Waals surface area contributed by atoms with Crippen LogP contribution in [0.5, 0.6) is 0 Å². The molecule has 2 aromatic carbocycles. The van der Waals surface area contributed by atoms with E-state index < -0.39 is 5.24 Å². The van der Waals surface area contributed by atoms with Gasteiger partial charge in [-0.05, 0) is 35.9 Å². The third-order valence-electron chi connectivity index (χ3n) is 2.58. The van der Waals surface area contributed by atoms with Crippen LogP contribution in [-0.4, -0.2) is 15.2 Å². The maximum atomic E-state index is 11.3. The van der Waals surface area contributed by atoms with Crippen molar-refractivity contribution in [3.05, 3.63) is 48.0 Å². The molecule has 0 aliphatic heterocycles. The fourth-order valence-electron chi connectivity index (χ4n) is 1.80. The highest BCUT2D eigenvalue weighted by Gasteiger charge is 2.10. The van der Waals surface area contributed by atoms with E-state index in [0.717, 1.165) is 11.0 Å². The standard InChI is InChI=1S/C13H7ClN2O/c14-13(17)8-4-3-7-11-12(8)16-10-6-2-1-5-9(10)15-11/h1-7H. The Bertz CT molecular complexity index is 740. The van der Waals surface area contributed by atoms with Crippen molar-refractivity contribution >= 4 is 38.9 Å². The second-order valence-corrected chi connectivity index (χ2v) is 4.00. The van der Waals surface area contributed by atoms with E-state index in [0.29, 0.717) is 16.6 Å². The first kappa shape index (κ1) is 10.2. The van der Waals surface area contributed by atoms with Gasteiger partial charge in [0.2, 0.25) is 0 Å². The summed E-state index contributed by atoms with van der Waals surface area (Å²) in [5.41, 5.74) is 3.17. The van der Waals surface area contributed by atoms with Crippen LogP contribution in [0.3, 0.4) is 0 Å². The summed E-state index contributed by atoms with van der Waals surface area (Å²) in [6.07, 6.45) is 0. The summed E-state index contributed by atoms with van der Waals surface area (Å²) in [6, 6.07) is 12.8. The van der Waals surface area contributed by atoms with Crippen LogP contribution >= 0.6 is 11.6 Å². The Labute approximate surface area is 102 Å². The molecule has 0 radical (unpaired) electrons. The van der Waals surface area contributed by atoms with Gasteiger partial charge in [0, 0.05) is 0 Å². The monoisotopic (exact) mass is 242 g/mol. The van der Waals surface area contributed by atoms with Gasteiger partial charge in [0.05, 0.1) is 22.1 Å². The summed E-state index contributed by atoms with van der Waals surface area (Å²) in [5, 5.41) is -0.514. The first-order chi connectivity index (χ1) is 8.25. The Morgan fingerprint density at radius 2 is 1.53 bits per heavy atom. The fourth-order valence-corrected chi connectivity index (χ4v) is 1.95. The Balaban J connectivity index is 2.47. The molecule has 0 spiro atoms. The number of fused-ring (bicyclic) bond motifs is 2. The summed E-state index contributed by atoms with van der Waals surface area (Å²) in [6.45, 7) is 0. The van der Waals surface area contributed by atoms with Gasteiger partial charge in [-0.2, -0.15) is 0 Å². The smallest absolute Gasteiger partial charge is 0.254 e. The van der Waals surface area contributed by atoms with Crippen molar-refractivity contribution in [3.8, 4) is 0 Å². The molecule has 1 aromatic heterocycles. The number of rotatable bonds is 1. The predicted molar refractivity (Wildman–Crippen MR) is 67.2 cm³/mol. The van der Waals surface area contributed by atoms with Crippen LogP contribution in [0.2, 0.25) is 0 Å². The van der Waals surface area contributed by atoms with E-state index in [1.54, 1.807) is 12.1 Å². The Hall–Kier alpha value is -2.00. The van der Waals surface area contributed by atoms with E-state index in [2.05, 4.69) is 9.97 Å². The molecule has 0 aliphatic rings. The molecule has 0 amide bonds.